The zero-order valence-electron chi connectivity index (χ0n) is 15.5. The van der Waals surface area contributed by atoms with Crippen LogP contribution >= 0.6 is 23.2 Å². The number of aryl methyl sites for hydroxylation is 2. The van der Waals surface area contributed by atoms with Gasteiger partial charge in [0, 0.05) is 23.4 Å². The lowest BCUT2D eigenvalue weighted by atomic mass is 10.0. The second kappa shape index (κ2) is 8.51. The van der Waals surface area contributed by atoms with Crippen LogP contribution in [0.5, 0.6) is 11.5 Å². The molecule has 3 rings (SSSR count). The SMILES string of the molecule is Cc1cc(C(=O)Nc2ccccc2)cc(C)c1Oc1c(Cl)cc([N+](=O)[O-])cc1Cl. The highest BCUT2D eigenvalue weighted by atomic mass is 35.5. The maximum absolute atomic E-state index is 12.5. The summed E-state index contributed by atoms with van der Waals surface area (Å²) in [4.78, 5) is 22.9. The maximum Gasteiger partial charge on any atom is 0.272 e. The molecule has 0 fully saturated rings. The molecule has 0 aliphatic carbocycles. The van der Waals surface area contributed by atoms with E-state index in [1.165, 1.54) is 12.1 Å². The molecule has 0 saturated heterocycles. The van der Waals surface area contributed by atoms with Gasteiger partial charge in [-0.1, -0.05) is 41.4 Å². The number of benzene rings is 3. The van der Waals surface area contributed by atoms with Gasteiger partial charge in [-0.2, -0.15) is 0 Å². The standard InChI is InChI=1S/C21H16Cl2N2O4/c1-12-8-14(21(26)24-15-6-4-3-5-7-15)9-13(2)19(12)29-20-17(22)10-16(25(27)28)11-18(20)23/h3-11H,1-2H3,(H,24,26). The quantitative estimate of drug-likeness (QED) is 0.366. The molecule has 0 aromatic heterocycles. The fourth-order valence-corrected chi connectivity index (χ4v) is 3.37. The van der Waals surface area contributed by atoms with Gasteiger partial charge in [0.2, 0.25) is 0 Å². The average molecular weight is 431 g/mol. The number of rotatable bonds is 5. The third-order valence-corrected chi connectivity index (χ3v) is 4.71. The third-order valence-electron chi connectivity index (χ3n) is 4.15. The molecule has 0 saturated carbocycles. The van der Waals surface area contributed by atoms with E-state index in [4.69, 9.17) is 27.9 Å². The summed E-state index contributed by atoms with van der Waals surface area (Å²) in [7, 11) is 0. The van der Waals surface area contributed by atoms with Crippen molar-refractivity contribution in [2.75, 3.05) is 5.32 Å². The zero-order valence-corrected chi connectivity index (χ0v) is 17.0. The van der Waals surface area contributed by atoms with E-state index >= 15 is 0 Å². The first-order valence-corrected chi connectivity index (χ1v) is 9.31. The highest BCUT2D eigenvalue weighted by molar-refractivity contribution is 6.37. The van der Waals surface area contributed by atoms with E-state index < -0.39 is 4.92 Å². The number of nitrogens with one attached hydrogen (secondary N) is 1. The van der Waals surface area contributed by atoms with E-state index in [2.05, 4.69) is 5.32 Å². The molecular weight excluding hydrogens is 415 g/mol. The number of halogens is 2. The van der Waals surface area contributed by atoms with E-state index in [1.807, 2.05) is 18.2 Å². The summed E-state index contributed by atoms with van der Waals surface area (Å²) in [5, 5.41) is 13.8. The van der Waals surface area contributed by atoms with Crippen molar-refractivity contribution in [2.45, 2.75) is 13.8 Å². The van der Waals surface area contributed by atoms with Crippen molar-refractivity contribution in [1.29, 1.82) is 0 Å². The fourth-order valence-electron chi connectivity index (χ4n) is 2.82. The molecule has 29 heavy (non-hydrogen) atoms. The first-order chi connectivity index (χ1) is 13.8. The van der Waals surface area contributed by atoms with Crippen LogP contribution in [0.4, 0.5) is 11.4 Å². The van der Waals surface area contributed by atoms with Crippen molar-refractivity contribution in [3.8, 4) is 11.5 Å². The van der Waals surface area contributed by atoms with Gasteiger partial charge in [-0.3, -0.25) is 14.9 Å². The summed E-state index contributed by atoms with van der Waals surface area (Å²) in [6, 6.07) is 14.9. The molecule has 0 aliphatic rings. The number of non-ortho nitro benzene ring substituents is 1. The Morgan fingerprint density at radius 3 is 2.03 bits per heavy atom. The zero-order chi connectivity index (χ0) is 21.1. The molecule has 0 radical (unpaired) electrons. The van der Waals surface area contributed by atoms with Gasteiger partial charge in [0.1, 0.15) is 5.75 Å². The molecule has 0 unspecified atom stereocenters. The smallest absolute Gasteiger partial charge is 0.272 e. The minimum absolute atomic E-state index is 0.0221. The molecule has 1 N–H and O–H groups in total. The largest absolute Gasteiger partial charge is 0.454 e. The van der Waals surface area contributed by atoms with Gasteiger partial charge in [-0.25, -0.2) is 0 Å². The summed E-state index contributed by atoms with van der Waals surface area (Å²) in [6.07, 6.45) is 0. The predicted octanol–water partition coefficient (Wildman–Crippen LogP) is 6.56. The van der Waals surface area contributed by atoms with E-state index in [1.54, 1.807) is 38.1 Å². The Bertz CT molecular complexity index is 1060. The monoisotopic (exact) mass is 430 g/mol. The molecule has 3 aromatic carbocycles. The number of anilines is 1. The number of nitro benzene ring substituents is 1. The van der Waals surface area contributed by atoms with Crippen LogP contribution in [0.1, 0.15) is 21.5 Å². The van der Waals surface area contributed by atoms with E-state index in [-0.39, 0.29) is 27.4 Å². The molecule has 0 bridgehead atoms. The van der Waals surface area contributed by atoms with Crippen molar-refractivity contribution >= 4 is 40.5 Å². The number of nitro groups is 1. The van der Waals surface area contributed by atoms with Gasteiger partial charge in [0.05, 0.1) is 15.0 Å². The molecule has 8 heteroatoms. The van der Waals surface area contributed by atoms with Crippen molar-refractivity contribution in [3.05, 3.63) is 91.4 Å². The maximum atomic E-state index is 12.5. The summed E-state index contributed by atoms with van der Waals surface area (Å²) >= 11 is 12.3. The number of para-hydroxylation sites is 1. The molecule has 0 aliphatic heterocycles. The van der Waals surface area contributed by atoms with Crippen LogP contribution in [0.2, 0.25) is 10.0 Å². The summed E-state index contributed by atoms with van der Waals surface area (Å²) < 4.78 is 5.87. The Labute approximate surface area is 177 Å². The lowest BCUT2D eigenvalue weighted by Gasteiger charge is -2.15. The summed E-state index contributed by atoms with van der Waals surface area (Å²) in [5.74, 6) is 0.339. The normalized spacial score (nSPS) is 10.5. The lowest BCUT2D eigenvalue weighted by Crippen LogP contribution is -2.12. The number of ether oxygens (including phenoxy) is 1. The summed E-state index contributed by atoms with van der Waals surface area (Å²) in [5.41, 5.74) is 2.31. The third kappa shape index (κ3) is 4.67. The highest BCUT2D eigenvalue weighted by Crippen LogP contribution is 2.41. The molecule has 148 valence electrons. The van der Waals surface area contributed by atoms with Crippen molar-refractivity contribution < 1.29 is 14.5 Å². The number of carbonyl (C=O) groups excluding carboxylic acids is 1. The van der Waals surface area contributed by atoms with Crippen LogP contribution in [0.3, 0.4) is 0 Å². The molecule has 0 atom stereocenters. The molecule has 1 amide bonds. The van der Waals surface area contributed by atoms with Gasteiger partial charge in [-0.15, -0.1) is 0 Å². The van der Waals surface area contributed by atoms with Crippen LogP contribution in [-0.4, -0.2) is 10.8 Å². The minimum Gasteiger partial charge on any atom is -0.454 e. The lowest BCUT2D eigenvalue weighted by molar-refractivity contribution is -0.384. The highest BCUT2D eigenvalue weighted by Gasteiger charge is 2.19. The Morgan fingerprint density at radius 2 is 1.52 bits per heavy atom. The van der Waals surface area contributed by atoms with Gasteiger partial charge < -0.3 is 10.1 Å². The Balaban J connectivity index is 1.89. The van der Waals surface area contributed by atoms with Crippen LogP contribution in [-0.2, 0) is 0 Å². The van der Waals surface area contributed by atoms with Crippen LogP contribution in [0, 0.1) is 24.0 Å². The van der Waals surface area contributed by atoms with Gasteiger partial charge in [0.25, 0.3) is 11.6 Å². The average Bonchev–Trinajstić information content (AvgIpc) is 2.66. The van der Waals surface area contributed by atoms with Crippen LogP contribution in [0.25, 0.3) is 0 Å². The van der Waals surface area contributed by atoms with E-state index in [0.29, 0.717) is 28.1 Å². The fraction of sp³-hybridized carbons (Fsp3) is 0.0952. The summed E-state index contributed by atoms with van der Waals surface area (Å²) in [6.45, 7) is 3.57. The second-order valence-electron chi connectivity index (χ2n) is 6.36. The Kier molecular flexibility index (Phi) is 6.06. The number of nitrogens with zero attached hydrogens (tertiary/aromatic N) is 1. The molecular formula is C21H16Cl2N2O4. The number of hydrogen-bond donors (Lipinski definition) is 1. The van der Waals surface area contributed by atoms with Crippen molar-refractivity contribution in [3.63, 3.8) is 0 Å². The molecule has 0 heterocycles. The first-order valence-electron chi connectivity index (χ1n) is 8.55. The van der Waals surface area contributed by atoms with Crippen LogP contribution < -0.4 is 10.1 Å². The van der Waals surface area contributed by atoms with E-state index in [0.717, 1.165) is 0 Å². The Morgan fingerprint density at radius 1 is 0.966 bits per heavy atom. The number of hydrogen-bond acceptors (Lipinski definition) is 4. The number of carbonyl (C=O) groups is 1. The topological polar surface area (TPSA) is 81.5 Å². The van der Waals surface area contributed by atoms with Gasteiger partial charge in [-0.05, 0) is 49.2 Å². The van der Waals surface area contributed by atoms with Crippen molar-refractivity contribution in [1.82, 2.24) is 0 Å². The molecule has 6 nitrogen and oxygen atoms in total. The Hall–Kier alpha value is -3.09. The minimum atomic E-state index is -0.585. The predicted molar refractivity (Wildman–Crippen MR) is 114 cm³/mol. The van der Waals surface area contributed by atoms with Crippen LogP contribution in [0.15, 0.2) is 54.6 Å². The van der Waals surface area contributed by atoms with Gasteiger partial charge in [0.15, 0.2) is 5.75 Å². The van der Waals surface area contributed by atoms with E-state index in [9.17, 15) is 14.9 Å². The van der Waals surface area contributed by atoms with Gasteiger partial charge >= 0.3 is 0 Å². The molecule has 3 aromatic rings. The first kappa shape index (κ1) is 20.6. The number of amides is 1. The van der Waals surface area contributed by atoms with Crippen molar-refractivity contribution in [2.24, 2.45) is 0 Å². The molecule has 0 spiro atoms. The second-order valence-corrected chi connectivity index (χ2v) is 7.17.